The molecular formula is C33H38. The Morgan fingerprint density at radius 1 is 0.455 bits per heavy atom. The van der Waals surface area contributed by atoms with Gasteiger partial charge < -0.3 is 0 Å². The molecule has 0 heterocycles. The van der Waals surface area contributed by atoms with Gasteiger partial charge in [-0.1, -0.05) is 142 Å². The number of aryl methyl sites for hydroxylation is 1. The SMILES string of the molecule is CC(CCc1ccccc1)Cc1ccccc1.CC(c1ccccc1)C(C)c1ccccc1. The number of rotatable bonds is 8. The van der Waals surface area contributed by atoms with Crippen LogP contribution < -0.4 is 0 Å². The van der Waals surface area contributed by atoms with Gasteiger partial charge >= 0.3 is 0 Å². The van der Waals surface area contributed by atoms with E-state index < -0.39 is 0 Å². The molecule has 4 aromatic carbocycles. The van der Waals surface area contributed by atoms with Crippen LogP contribution in [0.15, 0.2) is 121 Å². The lowest BCUT2D eigenvalue weighted by Gasteiger charge is -2.20. The highest BCUT2D eigenvalue weighted by molar-refractivity contribution is 5.27. The third kappa shape index (κ3) is 8.39. The van der Waals surface area contributed by atoms with Crippen molar-refractivity contribution in [3.05, 3.63) is 144 Å². The fourth-order valence-electron chi connectivity index (χ4n) is 4.27. The molecule has 0 aliphatic rings. The van der Waals surface area contributed by atoms with Gasteiger partial charge in [-0.15, -0.1) is 0 Å². The molecule has 0 nitrogen and oxygen atoms in total. The molecule has 4 aromatic rings. The number of hydrogen-bond donors (Lipinski definition) is 0. The molecule has 0 fully saturated rings. The smallest absolute Gasteiger partial charge is 0.0124 e. The zero-order chi connectivity index (χ0) is 23.3. The second-order valence-corrected chi connectivity index (χ2v) is 9.22. The van der Waals surface area contributed by atoms with Crippen LogP contribution in [0.2, 0.25) is 0 Å². The van der Waals surface area contributed by atoms with Gasteiger partial charge in [0.25, 0.3) is 0 Å². The summed E-state index contributed by atoms with van der Waals surface area (Å²) in [4.78, 5) is 0. The second-order valence-electron chi connectivity index (χ2n) is 9.22. The molecule has 33 heavy (non-hydrogen) atoms. The lowest BCUT2D eigenvalue weighted by atomic mass is 9.84. The molecule has 0 saturated heterocycles. The van der Waals surface area contributed by atoms with Crippen LogP contribution in [0.25, 0.3) is 0 Å². The molecule has 0 aliphatic heterocycles. The van der Waals surface area contributed by atoms with E-state index in [-0.39, 0.29) is 0 Å². The van der Waals surface area contributed by atoms with Crippen LogP contribution in [0, 0.1) is 5.92 Å². The van der Waals surface area contributed by atoms with Crippen molar-refractivity contribution < 1.29 is 0 Å². The Kier molecular flexibility index (Phi) is 9.98. The van der Waals surface area contributed by atoms with Crippen molar-refractivity contribution in [2.75, 3.05) is 0 Å². The summed E-state index contributed by atoms with van der Waals surface area (Å²) in [6.07, 6.45) is 3.64. The molecule has 3 atom stereocenters. The van der Waals surface area contributed by atoms with Gasteiger partial charge in [0.05, 0.1) is 0 Å². The summed E-state index contributed by atoms with van der Waals surface area (Å²) in [6, 6.07) is 43.0. The first kappa shape index (κ1) is 24.5. The molecule has 0 radical (unpaired) electrons. The molecule has 0 heteroatoms. The van der Waals surface area contributed by atoms with E-state index in [2.05, 4.69) is 142 Å². The average molecular weight is 435 g/mol. The largest absolute Gasteiger partial charge is 0.0622 e. The highest BCUT2D eigenvalue weighted by Crippen LogP contribution is 2.31. The Morgan fingerprint density at radius 2 is 0.818 bits per heavy atom. The maximum atomic E-state index is 2.34. The summed E-state index contributed by atoms with van der Waals surface area (Å²) in [7, 11) is 0. The standard InChI is InChI=1S/C17H20.C16H18/c1-15(14-17-10-6-3-7-11-17)12-13-16-8-4-2-5-9-16;1-13(15-9-5-3-6-10-15)14(2)16-11-7-4-8-12-16/h2-11,15H,12-14H2,1H3;3-14H,1-2H3. The fraction of sp³-hybridized carbons (Fsp3) is 0.273. The maximum absolute atomic E-state index is 2.34. The van der Waals surface area contributed by atoms with Crippen molar-refractivity contribution in [3.8, 4) is 0 Å². The summed E-state index contributed by atoms with van der Waals surface area (Å²) in [5.41, 5.74) is 5.73. The Bertz CT molecular complexity index is 963. The number of benzene rings is 4. The van der Waals surface area contributed by atoms with Crippen molar-refractivity contribution in [2.45, 2.75) is 51.9 Å². The summed E-state index contributed by atoms with van der Waals surface area (Å²) in [5.74, 6) is 1.87. The van der Waals surface area contributed by atoms with Gasteiger partial charge in [-0.2, -0.15) is 0 Å². The zero-order valence-corrected chi connectivity index (χ0v) is 20.4. The summed E-state index contributed by atoms with van der Waals surface area (Å²) in [5, 5.41) is 0. The Labute approximate surface area is 201 Å². The summed E-state index contributed by atoms with van der Waals surface area (Å²) < 4.78 is 0. The van der Waals surface area contributed by atoms with Crippen molar-refractivity contribution in [2.24, 2.45) is 5.92 Å². The number of hydrogen-bond acceptors (Lipinski definition) is 0. The first-order valence-corrected chi connectivity index (χ1v) is 12.3. The van der Waals surface area contributed by atoms with Crippen molar-refractivity contribution in [3.63, 3.8) is 0 Å². The topological polar surface area (TPSA) is 0 Å². The van der Waals surface area contributed by atoms with Crippen LogP contribution in [0.1, 0.15) is 61.3 Å². The van der Waals surface area contributed by atoms with Crippen molar-refractivity contribution in [1.29, 1.82) is 0 Å². The molecule has 0 amide bonds. The van der Waals surface area contributed by atoms with Crippen molar-refractivity contribution in [1.82, 2.24) is 0 Å². The second kappa shape index (κ2) is 13.4. The predicted octanol–water partition coefficient (Wildman–Crippen LogP) is 9.09. The minimum atomic E-state index is 0.559. The monoisotopic (exact) mass is 434 g/mol. The van der Waals surface area contributed by atoms with Crippen LogP contribution in [0.3, 0.4) is 0 Å². The van der Waals surface area contributed by atoms with Gasteiger partial charge in [-0.25, -0.2) is 0 Å². The molecule has 0 saturated carbocycles. The molecule has 0 N–H and O–H groups in total. The van der Waals surface area contributed by atoms with Gasteiger partial charge in [0, 0.05) is 0 Å². The Morgan fingerprint density at radius 3 is 1.24 bits per heavy atom. The van der Waals surface area contributed by atoms with Crippen molar-refractivity contribution >= 4 is 0 Å². The maximum Gasteiger partial charge on any atom is -0.0124 e. The highest BCUT2D eigenvalue weighted by atomic mass is 14.2. The van der Waals surface area contributed by atoms with E-state index >= 15 is 0 Å². The lowest BCUT2D eigenvalue weighted by Crippen LogP contribution is -2.04. The van der Waals surface area contributed by atoms with Gasteiger partial charge in [-0.05, 0) is 59.3 Å². The van der Waals surface area contributed by atoms with E-state index in [0.717, 1.165) is 5.92 Å². The first-order chi connectivity index (χ1) is 16.1. The van der Waals surface area contributed by atoms with Gasteiger partial charge in [0.1, 0.15) is 0 Å². The van der Waals surface area contributed by atoms with Crippen LogP contribution in [0.5, 0.6) is 0 Å². The van der Waals surface area contributed by atoms with E-state index in [9.17, 15) is 0 Å². The van der Waals surface area contributed by atoms with Gasteiger partial charge in [0.2, 0.25) is 0 Å². The summed E-state index contributed by atoms with van der Waals surface area (Å²) in [6.45, 7) is 6.94. The molecular weight excluding hydrogens is 396 g/mol. The molecule has 4 rings (SSSR count). The van der Waals surface area contributed by atoms with E-state index in [0.29, 0.717) is 11.8 Å². The molecule has 170 valence electrons. The Balaban J connectivity index is 0.000000186. The molecule has 0 aliphatic carbocycles. The van der Waals surface area contributed by atoms with Crippen LogP contribution in [-0.4, -0.2) is 0 Å². The normalized spacial score (nSPS) is 13.3. The van der Waals surface area contributed by atoms with Crippen LogP contribution in [0.4, 0.5) is 0 Å². The average Bonchev–Trinajstić information content (AvgIpc) is 2.89. The van der Waals surface area contributed by atoms with E-state index in [1.54, 1.807) is 0 Å². The third-order valence-electron chi connectivity index (χ3n) is 6.60. The molecule has 3 unspecified atom stereocenters. The summed E-state index contributed by atoms with van der Waals surface area (Å²) >= 11 is 0. The van der Waals surface area contributed by atoms with Gasteiger partial charge in [-0.3, -0.25) is 0 Å². The highest BCUT2D eigenvalue weighted by Gasteiger charge is 2.15. The lowest BCUT2D eigenvalue weighted by molar-refractivity contribution is 0.530. The van der Waals surface area contributed by atoms with Crippen LogP contribution >= 0.6 is 0 Å². The fourth-order valence-corrected chi connectivity index (χ4v) is 4.27. The molecule has 0 spiro atoms. The zero-order valence-electron chi connectivity index (χ0n) is 20.4. The van der Waals surface area contributed by atoms with E-state index in [4.69, 9.17) is 0 Å². The van der Waals surface area contributed by atoms with Crippen LogP contribution in [-0.2, 0) is 12.8 Å². The minimum Gasteiger partial charge on any atom is -0.0622 e. The predicted molar refractivity (Wildman–Crippen MR) is 144 cm³/mol. The Hall–Kier alpha value is -3.12. The first-order valence-electron chi connectivity index (χ1n) is 12.3. The molecule has 0 aromatic heterocycles. The quantitative estimate of drug-likeness (QED) is 0.259. The van der Waals surface area contributed by atoms with E-state index in [1.165, 1.54) is 41.5 Å². The minimum absolute atomic E-state index is 0.559. The third-order valence-corrected chi connectivity index (χ3v) is 6.60. The van der Waals surface area contributed by atoms with Gasteiger partial charge in [0.15, 0.2) is 0 Å². The van der Waals surface area contributed by atoms with E-state index in [1.807, 2.05) is 0 Å². The molecule has 0 bridgehead atoms.